The molecule has 0 aliphatic carbocycles. The van der Waals surface area contributed by atoms with Crippen LogP contribution in [0.25, 0.3) is 0 Å². The van der Waals surface area contributed by atoms with Crippen LogP contribution < -0.4 is 10.6 Å². The molecular formula is C8H10BrF3N4O. The minimum atomic E-state index is -4.39. The molecule has 3 N–H and O–H groups in total. The van der Waals surface area contributed by atoms with Gasteiger partial charge in [-0.1, -0.05) is 0 Å². The summed E-state index contributed by atoms with van der Waals surface area (Å²) in [6.45, 7) is -1.84. The van der Waals surface area contributed by atoms with Gasteiger partial charge in [0.2, 0.25) is 0 Å². The van der Waals surface area contributed by atoms with Gasteiger partial charge in [0, 0.05) is 6.54 Å². The molecule has 0 saturated carbocycles. The van der Waals surface area contributed by atoms with E-state index in [2.05, 4.69) is 25.9 Å². The standard InChI is InChI=1S/C8H10BrF3N4O/c9-5-6(13)14-4-15-7(5)16(1-2-17)3-8(10,11)12/h4,17H,1-3H2,(H2,13,14,15). The van der Waals surface area contributed by atoms with Crippen LogP contribution in [-0.4, -0.2) is 40.9 Å². The Morgan fingerprint density at radius 1 is 1.41 bits per heavy atom. The maximum absolute atomic E-state index is 12.3. The van der Waals surface area contributed by atoms with E-state index < -0.39 is 19.3 Å². The van der Waals surface area contributed by atoms with Gasteiger partial charge < -0.3 is 15.7 Å². The van der Waals surface area contributed by atoms with Gasteiger partial charge in [-0.2, -0.15) is 13.2 Å². The van der Waals surface area contributed by atoms with Gasteiger partial charge in [-0.25, -0.2) is 9.97 Å². The number of aliphatic hydroxyl groups is 1. The SMILES string of the molecule is Nc1ncnc(N(CCO)CC(F)(F)F)c1Br. The van der Waals surface area contributed by atoms with E-state index >= 15 is 0 Å². The van der Waals surface area contributed by atoms with Crippen LogP contribution in [0.1, 0.15) is 0 Å². The van der Waals surface area contributed by atoms with Crippen molar-refractivity contribution in [2.45, 2.75) is 6.18 Å². The van der Waals surface area contributed by atoms with Crippen LogP contribution in [0.4, 0.5) is 24.8 Å². The Labute approximate surface area is 104 Å². The number of alkyl halides is 3. The van der Waals surface area contributed by atoms with Crippen molar-refractivity contribution in [1.29, 1.82) is 0 Å². The average molecular weight is 315 g/mol. The summed E-state index contributed by atoms with van der Waals surface area (Å²) >= 11 is 3.02. The molecule has 96 valence electrons. The predicted octanol–water partition coefficient (Wildman–Crippen LogP) is 1.18. The van der Waals surface area contributed by atoms with Crippen LogP contribution in [-0.2, 0) is 0 Å². The third kappa shape index (κ3) is 4.00. The molecule has 5 nitrogen and oxygen atoms in total. The van der Waals surface area contributed by atoms with Crippen LogP contribution in [0.2, 0.25) is 0 Å². The molecule has 0 amide bonds. The number of rotatable bonds is 4. The summed E-state index contributed by atoms with van der Waals surface area (Å²) in [5.74, 6) is 0.0454. The maximum atomic E-state index is 12.3. The summed E-state index contributed by atoms with van der Waals surface area (Å²) in [4.78, 5) is 8.22. The van der Waals surface area contributed by atoms with Gasteiger partial charge in [0.05, 0.1) is 6.61 Å². The van der Waals surface area contributed by atoms with Crippen molar-refractivity contribution in [3.63, 3.8) is 0 Å². The topological polar surface area (TPSA) is 75.3 Å². The van der Waals surface area contributed by atoms with E-state index in [9.17, 15) is 13.2 Å². The largest absolute Gasteiger partial charge is 0.405 e. The lowest BCUT2D eigenvalue weighted by molar-refractivity contribution is -0.120. The third-order valence-electron chi connectivity index (χ3n) is 1.84. The second-order valence-electron chi connectivity index (χ2n) is 3.16. The van der Waals surface area contributed by atoms with Crippen LogP contribution in [0.15, 0.2) is 10.8 Å². The highest BCUT2D eigenvalue weighted by molar-refractivity contribution is 9.10. The zero-order chi connectivity index (χ0) is 13.1. The van der Waals surface area contributed by atoms with Gasteiger partial charge in [0.25, 0.3) is 0 Å². The lowest BCUT2D eigenvalue weighted by Crippen LogP contribution is -2.37. The van der Waals surface area contributed by atoms with E-state index in [1.807, 2.05) is 0 Å². The second-order valence-corrected chi connectivity index (χ2v) is 3.95. The maximum Gasteiger partial charge on any atom is 0.405 e. The minimum absolute atomic E-state index is 0.00359. The van der Waals surface area contributed by atoms with E-state index in [0.29, 0.717) is 0 Å². The van der Waals surface area contributed by atoms with Crippen molar-refractivity contribution >= 4 is 27.6 Å². The van der Waals surface area contributed by atoms with E-state index in [0.717, 1.165) is 11.2 Å². The van der Waals surface area contributed by atoms with Crippen LogP contribution in [0.3, 0.4) is 0 Å². The molecule has 0 spiro atoms. The molecule has 0 aliphatic heterocycles. The molecule has 9 heteroatoms. The molecule has 0 saturated heterocycles. The molecule has 17 heavy (non-hydrogen) atoms. The molecule has 0 radical (unpaired) electrons. The number of nitrogens with zero attached hydrogens (tertiary/aromatic N) is 3. The number of anilines is 2. The fourth-order valence-corrected chi connectivity index (χ4v) is 1.65. The second kappa shape index (κ2) is 5.50. The van der Waals surface area contributed by atoms with Crippen LogP contribution in [0.5, 0.6) is 0 Å². The number of hydrogen-bond donors (Lipinski definition) is 2. The Kier molecular flexibility index (Phi) is 4.52. The predicted molar refractivity (Wildman–Crippen MR) is 59.5 cm³/mol. The molecule has 1 aromatic heterocycles. The van der Waals surface area contributed by atoms with Crippen LogP contribution >= 0.6 is 15.9 Å². The highest BCUT2D eigenvalue weighted by atomic mass is 79.9. The van der Waals surface area contributed by atoms with Gasteiger partial charge in [0.1, 0.15) is 29.0 Å². The molecule has 0 atom stereocenters. The van der Waals surface area contributed by atoms with Gasteiger partial charge in [-0.15, -0.1) is 0 Å². The van der Waals surface area contributed by atoms with Crippen molar-refractivity contribution in [2.24, 2.45) is 0 Å². The first kappa shape index (κ1) is 14.0. The molecule has 0 aromatic carbocycles. The first-order chi connectivity index (χ1) is 7.85. The van der Waals surface area contributed by atoms with E-state index in [-0.39, 0.29) is 22.7 Å². The number of hydrogen-bond acceptors (Lipinski definition) is 5. The molecule has 0 unspecified atom stereocenters. The van der Waals surface area contributed by atoms with Crippen molar-refractivity contribution < 1.29 is 18.3 Å². The van der Waals surface area contributed by atoms with E-state index in [4.69, 9.17) is 10.8 Å². The quantitative estimate of drug-likeness (QED) is 0.873. The molecule has 1 aromatic rings. The number of aliphatic hydroxyl groups excluding tert-OH is 1. The van der Waals surface area contributed by atoms with Crippen LogP contribution in [0, 0.1) is 0 Å². The number of nitrogens with two attached hydrogens (primary N) is 1. The highest BCUT2D eigenvalue weighted by Gasteiger charge is 2.32. The highest BCUT2D eigenvalue weighted by Crippen LogP contribution is 2.29. The fourth-order valence-electron chi connectivity index (χ4n) is 1.19. The lowest BCUT2D eigenvalue weighted by atomic mass is 10.4. The summed E-state index contributed by atoms with van der Waals surface area (Å²) in [7, 11) is 0. The molecule has 1 heterocycles. The first-order valence-electron chi connectivity index (χ1n) is 4.53. The first-order valence-corrected chi connectivity index (χ1v) is 5.33. The smallest absolute Gasteiger partial charge is 0.395 e. The summed E-state index contributed by atoms with van der Waals surface area (Å²) in [6, 6.07) is 0. The van der Waals surface area contributed by atoms with E-state index in [1.165, 1.54) is 0 Å². The summed E-state index contributed by atoms with van der Waals surface area (Å²) in [5, 5.41) is 8.76. The fraction of sp³-hybridized carbons (Fsp3) is 0.500. The molecule has 0 fully saturated rings. The Morgan fingerprint density at radius 3 is 2.59 bits per heavy atom. The van der Waals surface area contributed by atoms with Crippen molar-refractivity contribution in [1.82, 2.24) is 9.97 Å². The van der Waals surface area contributed by atoms with E-state index in [1.54, 1.807) is 0 Å². The van der Waals surface area contributed by atoms with Crippen molar-refractivity contribution in [2.75, 3.05) is 30.3 Å². The Bertz CT molecular complexity index is 388. The molecule has 0 bridgehead atoms. The number of halogens is 4. The molecular weight excluding hydrogens is 305 g/mol. The van der Waals surface area contributed by atoms with Crippen molar-refractivity contribution in [3.8, 4) is 0 Å². The number of aromatic nitrogens is 2. The summed E-state index contributed by atoms with van der Waals surface area (Å²) in [6.07, 6.45) is -3.33. The molecule has 1 rings (SSSR count). The zero-order valence-corrected chi connectivity index (χ0v) is 10.2. The Balaban J connectivity index is 3.01. The lowest BCUT2D eigenvalue weighted by Gasteiger charge is -2.24. The molecule has 0 aliphatic rings. The third-order valence-corrected chi connectivity index (χ3v) is 2.60. The van der Waals surface area contributed by atoms with Gasteiger partial charge in [0.15, 0.2) is 0 Å². The summed E-state index contributed by atoms with van der Waals surface area (Å²) < 4.78 is 37.2. The Hall–Kier alpha value is -1.09. The average Bonchev–Trinajstić information content (AvgIpc) is 2.19. The number of nitrogen functional groups attached to an aromatic ring is 1. The summed E-state index contributed by atoms with van der Waals surface area (Å²) in [5.41, 5.74) is 5.45. The van der Waals surface area contributed by atoms with Gasteiger partial charge in [-0.05, 0) is 15.9 Å². The minimum Gasteiger partial charge on any atom is -0.395 e. The normalized spacial score (nSPS) is 11.6. The van der Waals surface area contributed by atoms with Gasteiger partial charge >= 0.3 is 6.18 Å². The zero-order valence-electron chi connectivity index (χ0n) is 8.58. The monoisotopic (exact) mass is 314 g/mol. The van der Waals surface area contributed by atoms with Crippen molar-refractivity contribution in [3.05, 3.63) is 10.8 Å². The Morgan fingerprint density at radius 2 is 2.06 bits per heavy atom. The van der Waals surface area contributed by atoms with Gasteiger partial charge in [-0.3, -0.25) is 0 Å².